The first kappa shape index (κ1) is 18.5. The Morgan fingerprint density at radius 3 is 2.58 bits per heavy atom. The SMILES string of the molecule is Cc1cc(OCC(=O)NNS(=O)(=O)c2cccc(Cl)c2)ccc1Cl. The molecule has 0 heterocycles. The van der Waals surface area contributed by atoms with Gasteiger partial charge >= 0.3 is 0 Å². The van der Waals surface area contributed by atoms with Crippen LogP contribution in [0.1, 0.15) is 5.56 Å². The van der Waals surface area contributed by atoms with Crippen molar-refractivity contribution in [2.45, 2.75) is 11.8 Å². The molecule has 0 aliphatic carbocycles. The molecule has 9 heteroatoms. The highest BCUT2D eigenvalue weighted by Crippen LogP contribution is 2.20. The summed E-state index contributed by atoms with van der Waals surface area (Å²) in [5.41, 5.74) is 2.87. The lowest BCUT2D eigenvalue weighted by atomic mass is 10.2. The number of benzene rings is 2. The van der Waals surface area contributed by atoms with Gasteiger partial charge in [0.25, 0.3) is 15.9 Å². The van der Waals surface area contributed by atoms with E-state index >= 15 is 0 Å². The summed E-state index contributed by atoms with van der Waals surface area (Å²) in [5, 5.41) is 0.853. The second-order valence-corrected chi connectivity index (χ2v) is 7.34. The zero-order chi connectivity index (χ0) is 17.7. The van der Waals surface area contributed by atoms with Crippen molar-refractivity contribution in [2.75, 3.05) is 6.61 Å². The Morgan fingerprint density at radius 2 is 1.92 bits per heavy atom. The van der Waals surface area contributed by atoms with E-state index in [0.717, 1.165) is 5.56 Å². The highest BCUT2D eigenvalue weighted by atomic mass is 35.5. The Kier molecular flexibility index (Phi) is 6.06. The summed E-state index contributed by atoms with van der Waals surface area (Å²) in [6.07, 6.45) is 0. The number of hydrogen-bond acceptors (Lipinski definition) is 4. The summed E-state index contributed by atoms with van der Waals surface area (Å²) in [5.74, 6) is -0.210. The van der Waals surface area contributed by atoms with Crippen LogP contribution in [0.5, 0.6) is 5.75 Å². The smallest absolute Gasteiger partial charge is 0.272 e. The number of nitrogens with one attached hydrogen (secondary N) is 2. The van der Waals surface area contributed by atoms with Crippen molar-refractivity contribution in [3.05, 3.63) is 58.1 Å². The molecule has 2 N–H and O–H groups in total. The minimum Gasteiger partial charge on any atom is -0.484 e. The quantitative estimate of drug-likeness (QED) is 0.744. The summed E-state index contributed by atoms with van der Waals surface area (Å²) in [4.78, 5) is 13.6. The van der Waals surface area contributed by atoms with Crippen LogP contribution in [0, 0.1) is 6.92 Å². The van der Waals surface area contributed by atoms with Gasteiger partial charge in [0, 0.05) is 10.0 Å². The third kappa shape index (κ3) is 5.10. The third-order valence-electron chi connectivity index (χ3n) is 2.93. The zero-order valence-electron chi connectivity index (χ0n) is 12.5. The van der Waals surface area contributed by atoms with Gasteiger partial charge in [0.05, 0.1) is 4.90 Å². The first-order chi connectivity index (χ1) is 11.3. The number of rotatable bonds is 6. The van der Waals surface area contributed by atoms with E-state index in [2.05, 4.69) is 5.43 Å². The van der Waals surface area contributed by atoms with Gasteiger partial charge in [0.15, 0.2) is 6.61 Å². The van der Waals surface area contributed by atoms with Gasteiger partial charge < -0.3 is 4.74 Å². The molecule has 0 saturated carbocycles. The van der Waals surface area contributed by atoms with Gasteiger partial charge in [-0.05, 0) is 48.9 Å². The number of hydrazine groups is 1. The van der Waals surface area contributed by atoms with Gasteiger partial charge in [-0.1, -0.05) is 29.3 Å². The Hall–Kier alpha value is -1.80. The highest BCUT2D eigenvalue weighted by molar-refractivity contribution is 7.89. The van der Waals surface area contributed by atoms with E-state index in [0.29, 0.717) is 10.8 Å². The lowest BCUT2D eigenvalue weighted by molar-refractivity contribution is -0.123. The van der Waals surface area contributed by atoms with Crippen molar-refractivity contribution in [3.63, 3.8) is 0 Å². The molecule has 0 aromatic heterocycles. The summed E-state index contributed by atoms with van der Waals surface area (Å²) in [7, 11) is -3.91. The number of aryl methyl sites for hydroxylation is 1. The summed E-state index contributed by atoms with van der Waals surface area (Å²) in [6.45, 7) is 1.44. The van der Waals surface area contributed by atoms with Gasteiger partial charge in [-0.2, -0.15) is 0 Å². The third-order valence-corrected chi connectivity index (χ3v) is 4.84. The summed E-state index contributed by atoms with van der Waals surface area (Å²) >= 11 is 11.6. The van der Waals surface area contributed by atoms with Crippen LogP contribution in [0.25, 0.3) is 0 Å². The van der Waals surface area contributed by atoms with Gasteiger partial charge in [-0.25, -0.2) is 8.42 Å². The van der Waals surface area contributed by atoms with E-state index in [1.54, 1.807) is 31.2 Å². The van der Waals surface area contributed by atoms with Crippen LogP contribution in [-0.2, 0) is 14.8 Å². The number of hydrogen-bond donors (Lipinski definition) is 2. The number of ether oxygens (including phenoxy) is 1. The Bertz CT molecular complexity index is 856. The van der Waals surface area contributed by atoms with Gasteiger partial charge in [-0.15, -0.1) is 4.83 Å². The molecule has 0 spiro atoms. The molecule has 6 nitrogen and oxygen atoms in total. The largest absolute Gasteiger partial charge is 0.484 e. The zero-order valence-corrected chi connectivity index (χ0v) is 14.9. The second kappa shape index (κ2) is 7.85. The van der Waals surface area contributed by atoms with Crippen molar-refractivity contribution in [3.8, 4) is 5.75 Å². The first-order valence-corrected chi connectivity index (χ1v) is 8.97. The average molecular weight is 389 g/mol. The molecule has 2 aromatic carbocycles. The van der Waals surface area contributed by atoms with Crippen molar-refractivity contribution >= 4 is 39.1 Å². The molecule has 0 aliphatic rings. The minimum absolute atomic E-state index is 0.0652. The van der Waals surface area contributed by atoms with E-state index in [9.17, 15) is 13.2 Å². The van der Waals surface area contributed by atoms with Gasteiger partial charge in [0.2, 0.25) is 0 Å². The van der Waals surface area contributed by atoms with Crippen molar-refractivity contribution in [1.82, 2.24) is 10.3 Å². The fourth-order valence-corrected chi connectivity index (χ4v) is 2.99. The molecular formula is C15H14Cl2N2O4S. The van der Waals surface area contributed by atoms with E-state index in [4.69, 9.17) is 27.9 Å². The number of halogens is 2. The number of sulfonamides is 1. The fraction of sp³-hybridized carbons (Fsp3) is 0.133. The van der Waals surface area contributed by atoms with E-state index < -0.39 is 15.9 Å². The number of carbonyl (C=O) groups excluding carboxylic acids is 1. The Labute approximate surface area is 149 Å². The normalized spacial score (nSPS) is 11.1. The molecule has 0 bridgehead atoms. The van der Waals surface area contributed by atoms with E-state index in [1.807, 2.05) is 4.83 Å². The number of amides is 1. The predicted molar refractivity (Wildman–Crippen MR) is 91.6 cm³/mol. The van der Waals surface area contributed by atoms with Crippen LogP contribution in [0.4, 0.5) is 0 Å². The highest BCUT2D eigenvalue weighted by Gasteiger charge is 2.15. The molecule has 0 unspecified atom stereocenters. The summed E-state index contributed by atoms with van der Waals surface area (Å²) in [6, 6.07) is 10.6. The maximum atomic E-state index is 12.0. The second-order valence-electron chi connectivity index (χ2n) is 4.81. The van der Waals surface area contributed by atoms with Gasteiger partial charge in [0.1, 0.15) is 5.75 Å². The molecule has 0 saturated heterocycles. The molecule has 128 valence electrons. The first-order valence-electron chi connectivity index (χ1n) is 6.73. The maximum absolute atomic E-state index is 12.0. The summed E-state index contributed by atoms with van der Waals surface area (Å²) < 4.78 is 29.3. The van der Waals surface area contributed by atoms with E-state index in [1.165, 1.54) is 18.2 Å². The average Bonchev–Trinajstić information content (AvgIpc) is 2.54. The lowest BCUT2D eigenvalue weighted by Gasteiger charge is -2.10. The molecule has 1 amide bonds. The molecule has 2 rings (SSSR count). The van der Waals surface area contributed by atoms with Crippen LogP contribution in [0.3, 0.4) is 0 Å². The van der Waals surface area contributed by atoms with Crippen molar-refractivity contribution < 1.29 is 17.9 Å². The lowest BCUT2D eigenvalue weighted by Crippen LogP contribution is -2.43. The molecule has 0 atom stereocenters. The Balaban J connectivity index is 1.89. The van der Waals surface area contributed by atoms with Gasteiger partial charge in [-0.3, -0.25) is 10.2 Å². The Morgan fingerprint density at radius 1 is 1.17 bits per heavy atom. The van der Waals surface area contributed by atoms with Crippen molar-refractivity contribution in [1.29, 1.82) is 0 Å². The molecule has 24 heavy (non-hydrogen) atoms. The van der Waals surface area contributed by atoms with Crippen LogP contribution in [0.15, 0.2) is 47.4 Å². The molecule has 2 aromatic rings. The van der Waals surface area contributed by atoms with Crippen molar-refractivity contribution in [2.24, 2.45) is 0 Å². The van der Waals surface area contributed by atoms with Crippen LogP contribution in [0.2, 0.25) is 10.0 Å². The monoisotopic (exact) mass is 388 g/mol. The fourth-order valence-electron chi connectivity index (χ4n) is 1.71. The molecule has 0 aliphatic heterocycles. The van der Waals surface area contributed by atoms with Crippen LogP contribution < -0.4 is 15.0 Å². The number of carbonyl (C=O) groups is 1. The topological polar surface area (TPSA) is 84.5 Å². The van der Waals surface area contributed by atoms with E-state index in [-0.39, 0.29) is 16.5 Å². The maximum Gasteiger partial charge on any atom is 0.272 e. The predicted octanol–water partition coefficient (Wildman–Crippen LogP) is 2.69. The molecule has 0 radical (unpaired) electrons. The van der Waals surface area contributed by atoms with Crippen LogP contribution >= 0.6 is 23.2 Å². The standard InChI is InChI=1S/C15H14Cl2N2O4S/c1-10-7-12(5-6-14(10)17)23-9-15(20)18-19-24(21,22)13-4-2-3-11(16)8-13/h2-8,19H,9H2,1H3,(H,18,20). The molecule has 0 fully saturated rings. The minimum atomic E-state index is -3.91. The van der Waals surface area contributed by atoms with Crippen LogP contribution in [-0.4, -0.2) is 20.9 Å². The molecular weight excluding hydrogens is 375 g/mol.